The summed E-state index contributed by atoms with van der Waals surface area (Å²) in [7, 11) is -3.63. The van der Waals surface area contributed by atoms with Gasteiger partial charge in [0.15, 0.2) is 0 Å². The van der Waals surface area contributed by atoms with E-state index in [-0.39, 0.29) is 99.8 Å². The first kappa shape index (κ1) is 22.5. The molecule has 7 heavy (non-hydrogen) atoms. The number of hydrogen-bond donors (Lipinski definition) is 0. The van der Waals surface area contributed by atoms with Crippen molar-refractivity contribution in [3.05, 3.63) is 0 Å². The molecule has 0 unspecified atom stereocenters. The molecule has 0 heterocycles. The van der Waals surface area contributed by atoms with Crippen molar-refractivity contribution in [1.82, 2.24) is 0 Å². The van der Waals surface area contributed by atoms with Gasteiger partial charge >= 0.3 is 99.8 Å². The second kappa shape index (κ2) is 15.9. The predicted octanol–water partition coefficient (Wildman–Crippen LogP) is -9.52. The zero-order valence-corrected chi connectivity index (χ0v) is 7.85. The molecule has 0 aliphatic carbocycles. The number of hydrogen-bond acceptors (Lipinski definition) is 3. The maximum absolute atomic E-state index is 8.52. The van der Waals surface area contributed by atoms with E-state index in [1.54, 1.807) is 0 Å². The molecule has 0 spiro atoms. The Bertz CT molecular complexity index is 37.9. The van der Waals surface area contributed by atoms with E-state index in [0.29, 0.717) is 0 Å². The monoisotopic (exact) mass is 146 g/mol. The first-order valence-corrected chi connectivity index (χ1v) is 1.84. The third-order valence-electron chi connectivity index (χ3n) is 0. The van der Waals surface area contributed by atoms with Gasteiger partial charge in [0.25, 0.3) is 0 Å². The van der Waals surface area contributed by atoms with Crippen LogP contribution in [0.15, 0.2) is 0 Å². The first-order valence-electron chi connectivity index (χ1n) is 0.612. The van der Waals surface area contributed by atoms with Gasteiger partial charge < -0.3 is 14.1 Å². The Labute approximate surface area is 120 Å². The fourth-order valence-corrected chi connectivity index (χ4v) is 0. The van der Waals surface area contributed by atoms with Gasteiger partial charge in [-0.05, 0) is 0 Å². The minimum absolute atomic E-state index is 0. The van der Waals surface area contributed by atoms with Gasteiger partial charge in [0.2, 0.25) is 0 Å². The van der Waals surface area contributed by atoms with Gasteiger partial charge in [-0.2, -0.15) is 0 Å². The second-order valence-electron chi connectivity index (χ2n) is 0.250. The predicted molar refractivity (Wildman–Crippen MR) is 13.6 cm³/mol. The minimum atomic E-state index is -3.63. The van der Waals surface area contributed by atoms with Crippen molar-refractivity contribution in [3.63, 3.8) is 0 Å². The molecule has 3 nitrogen and oxygen atoms in total. The van der Waals surface area contributed by atoms with Crippen molar-refractivity contribution < 1.29 is 84.3 Å². The molecule has 0 aromatic carbocycles. The van der Waals surface area contributed by atoms with E-state index in [4.69, 9.17) is 14.1 Å². The summed E-state index contributed by atoms with van der Waals surface area (Å²) in [5.74, 6) is 0. The summed E-state index contributed by atoms with van der Waals surface area (Å²) in [6.07, 6.45) is 0. The van der Waals surface area contributed by atoms with Crippen LogP contribution in [0.5, 0.6) is 0 Å². The Balaban J connectivity index is -0.0000000150. The molecular weight excluding hydrogens is 145 g/mol. The van der Waals surface area contributed by atoms with Crippen LogP contribution in [-0.4, -0.2) is 38.7 Å². The van der Waals surface area contributed by atoms with E-state index in [1.165, 1.54) is 0 Å². The third kappa shape index (κ3) is 51.1. The third-order valence-corrected chi connectivity index (χ3v) is 0. The Morgan fingerprint density at radius 1 is 1.29 bits per heavy atom. The van der Waals surface area contributed by atoms with E-state index in [0.717, 1.165) is 0 Å². The molecule has 0 N–H and O–H groups in total. The van der Waals surface area contributed by atoms with Crippen LogP contribution in [0, 0.1) is 0 Å². The van der Waals surface area contributed by atoms with E-state index in [2.05, 4.69) is 0 Å². The molecule has 0 radical (unpaired) electrons. The van der Waals surface area contributed by atoms with Crippen molar-refractivity contribution in [2.75, 3.05) is 0 Å². The molecule has 0 saturated heterocycles. The van der Waals surface area contributed by atoms with Gasteiger partial charge in [-0.3, -0.25) is 0 Å². The van der Waals surface area contributed by atoms with Crippen LogP contribution in [0.4, 0.5) is 0 Å². The summed E-state index contributed by atoms with van der Waals surface area (Å²) in [4.78, 5) is 17.0. The molecule has 26 valence electrons. The summed E-state index contributed by atoms with van der Waals surface area (Å²) in [5.41, 5.74) is 0. The Morgan fingerprint density at radius 2 is 1.29 bits per heavy atom. The maximum atomic E-state index is 8.52. The van der Waals surface area contributed by atoms with Crippen molar-refractivity contribution in [2.45, 2.75) is 0 Å². The molecule has 0 saturated carbocycles. The molecule has 0 atom stereocenters. The fraction of sp³-hybridized carbons (Fsp3) is 0. The molecule has 0 aromatic rings. The van der Waals surface area contributed by atoms with Crippen LogP contribution in [-0.2, 0) is 4.46 Å². The summed E-state index contributed by atoms with van der Waals surface area (Å²) in [6, 6.07) is 0. The summed E-state index contributed by atoms with van der Waals surface area (Å²) < 4.78 is 8.52. The van der Waals surface area contributed by atoms with Crippen molar-refractivity contribution in [2.24, 2.45) is 0 Å². The van der Waals surface area contributed by atoms with E-state index in [9.17, 15) is 0 Å². The van der Waals surface area contributed by atoms with E-state index < -0.39 is 9.17 Å². The molecule has 0 fully saturated rings. The molecular formula is HKLiNaO3Si. The van der Waals surface area contributed by atoms with Gasteiger partial charge in [0.1, 0.15) is 0 Å². The average molecular weight is 146 g/mol. The second-order valence-corrected chi connectivity index (χ2v) is 0.750. The van der Waals surface area contributed by atoms with Gasteiger partial charge in [0.05, 0.1) is 0 Å². The van der Waals surface area contributed by atoms with Gasteiger partial charge in [-0.25, -0.2) is 0 Å². The van der Waals surface area contributed by atoms with Crippen LogP contribution < -0.4 is 79.8 Å². The van der Waals surface area contributed by atoms with Crippen molar-refractivity contribution in [1.29, 1.82) is 0 Å². The Kier molecular flexibility index (Phi) is 51.3. The van der Waals surface area contributed by atoms with Crippen LogP contribution in [0.3, 0.4) is 0 Å². The van der Waals surface area contributed by atoms with Crippen LogP contribution in [0.1, 0.15) is 0 Å². The molecule has 7 heteroatoms. The molecule has 0 rings (SSSR count). The SMILES string of the molecule is O=[Si]([O-])[O-].[K+].[Li+].[NaH]. The molecule has 0 bridgehead atoms. The van der Waals surface area contributed by atoms with Crippen molar-refractivity contribution in [3.8, 4) is 0 Å². The number of rotatable bonds is 0. The zero-order chi connectivity index (χ0) is 3.58. The average Bonchev–Trinajstić information content (AvgIpc) is 0.811. The normalized spacial score (nSPS) is 3.43. The Hall–Kier alpha value is 2.85. The standard InChI is InChI=1S/K.Li.Na.O3Si.H/c;;;1-4(2)3;/q2*+1;;-2;. The molecule has 0 aliphatic rings. The summed E-state index contributed by atoms with van der Waals surface area (Å²) in [5, 5.41) is 0. The van der Waals surface area contributed by atoms with Crippen LogP contribution in [0.25, 0.3) is 0 Å². The van der Waals surface area contributed by atoms with E-state index in [1.807, 2.05) is 0 Å². The summed E-state index contributed by atoms with van der Waals surface area (Å²) >= 11 is 0. The Morgan fingerprint density at radius 3 is 1.29 bits per heavy atom. The van der Waals surface area contributed by atoms with Crippen molar-refractivity contribution >= 4 is 38.7 Å². The first-order chi connectivity index (χ1) is 1.73. The van der Waals surface area contributed by atoms with E-state index >= 15 is 0 Å². The zero-order valence-electron chi connectivity index (χ0n) is 3.72. The molecule has 0 amide bonds. The fourth-order valence-electron chi connectivity index (χ4n) is 0. The topological polar surface area (TPSA) is 63.2 Å². The molecule has 0 aliphatic heterocycles. The molecule has 0 aromatic heterocycles. The summed E-state index contributed by atoms with van der Waals surface area (Å²) in [6.45, 7) is 0. The van der Waals surface area contributed by atoms with Gasteiger partial charge in [-0.1, -0.05) is 0 Å². The van der Waals surface area contributed by atoms with Crippen LogP contribution in [0.2, 0.25) is 0 Å². The van der Waals surface area contributed by atoms with Gasteiger partial charge in [-0.15, -0.1) is 0 Å². The van der Waals surface area contributed by atoms with Gasteiger partial charge in [0, 0.05) is 9.17 Å². The van der Waals surface area contributed by atoms with Crippen LogP contribution >= 0.6 is 0 Å². The quantitative estimate of drug-likeness (QED) is 0.319.